The number of carbonyl (C=O) groups excluding carboxylic acids is 1. The minimum atomic E-state index is 0.546. The zero-order valence-corrected chi connectivity index (χ0v) is 12.6. The average molecular weight is 262 g/mol. The fraction of sp³-hybridized carbons (Fsp3) is 0.944. The summed E-state index contributed by atoms with van der Waals surface area (Å²) in [6, 6.07) is 0. The van der Waals surface area contributed by atoms with Crippen molar-refractivity contribution in [2.45, 2.75) is 84.0 Å². The molecule has 0 aliphatic heterocycles. The number of carbonyl (C=O) groups is 1. The van der Waals surface area contributed by atoms with Gasteiger partial charge in [0.1, 0.15) is 5.78 Å². The molecule has 0 unspecified atom stereocenters. The second-order valence-corrected chi connectivity index (χ2v) is 7.91. The van der Waals surface area contributed by atoms with E-state index in [1.807, 2.05) is 0 Å². The van der Waals surface area contributed by atoms with Gasteiger partial charge in [-0.2, -0.15) is 0 Å². The fourth-order valence-electron chi connectivity index (χ4n) is 5.70. The minimum Gasteiger partial charge on any atom is -0.300 e. The molecule has 0 aromatic heterocycles. The van der Waals surface area contributed by atoms with Gasteiger partial charge >= 0.3 is 0 Å². The second-order valence-electron chi connectivity index (χ2n) is 7.91. The molecule has 0 atom stereocenters. The van der Waals surface area contributed by atoms with Crippen LogP contribution >= 0.6 is 0 Å². The molecule has 4 aliphatic carbocycles. The van der Waals surface area contributed by atoms with Crippen LogP contribution in [-0.2, 0) is 4.79 Å². The summed E-state index contributed by atoms with van der Waals surface area (Å²) in [6.45, 7) is 2.21. The highest BCUT2D eigenvalue weighted by Gasteiger charge is 2.50. The predicted octanol–water partition coefficient (Wildman–Crippen LogP) is 5.13. The van der Waals surface area contributed by atoms with Crippen LogP contribution in [-0.4, -0.2) is 5.78 Å². The summed E-state index contributed by atoms with van der Waals surface area (Å²) < 4.78 is 0. The van der Waals surface area contributed by atoms with Gasteiger partial charge in [-0.05, 0) is 74.5 Å². The average Bonchev–Trinajstić information content (AvgIpc) is 2.35. The Bertz CT molecular complexity index is 295. The van der Waals surface area contributed by atoms with Gasteiger partial charge in [-0.3, -0.25) is 4.79 Å². The molecule has 0 radical (unpaired) electrons. The minimum absolute atomic E-state index is 0.546. The van der Waals surface area contributed by atoms with Gasteiger partial charge in [0, 0.05) is 12.8 Å². The first-order valence-electron chi connectivity index (χ1n) is 8.71. The van der Waals surface area contributed by atoms with Gasteiger partial charge in [-0.15, -0.1) is 0 Å². The van der Waals surface area contributed by atoms with Gasteiger partial charge < -0.3 is 0 Å². The normalized spacial score (nSPS) is 39.7. The number of ketones is 1. The van der Waals surface area contributed by atoms with E-state index in [0.29, 0.717) is 11.2 Å². The molecule has 0 aromatic carbocycles. The van der Waals surface area contributed by atoms with E-state index in [1.54, 1.807) is 0 Å². The van der Waals surface area contributed by atoms with Crippen molar-refractivity contribution in [3.63, 3.8) is 0 Å². The lowest BCUT2D eigenvalue weighted by Crippen LogP contribution is -2.46. The molecule has 4 aliphatic rings. The second kappa shape index (κ2) is 5.58. The molecular formula is C18H30O. The molecular weight excluding hydrogens is 232 g/mol. The zero-order valence-electron chi connectivity index (χ0n) is 12.6. The Morgan fingerprint density at radius 3 is 2.05 bits per heavy atom. The summed E-state index contributed by atoms with van der Waals surface area (Å²) in [4.78, 5) is 12.0. The monoisotopic (exact) mass is 262 g/mol. The molecule has 0 saturated heterocycles. The summed E-state index contributed by atoms with van der Waals surface area (Å²) in [7, 11) is 0. The van der Waals surface area contributed by atoms with Crippen molar-refractivity contribution in [2.75, 3.05) is 0 Å². The van der Waals surface area contributed by atoms with Crippen LogP contribution in [0, 0.1) is 23.2 Å². The standard InChI is InChI=1S/C18H30O/c1-2-3-4-5-17(19)6-7-18-11-14-8-15(12-18)10-16(9-14)13-18/h14-16H,2-13H2,1H3. The highest BCUT2D eigenvalue weighted by Crippen LogP contribution is 2.61. The highest BCUT2D eigenvalue weighted by molar-refractivity contribution is 5.78. The third-order valence-electron chi connectivity index (χ3n) is 6.16. The first kappa shape index (κ1) is 13.6. The third kappa shape index (κ3) is 3.06. The van der Waals surface area contributed by atoms with Gasteiger partial charge in [0.25, 0.3) is 0 Å². The van der Waals surface area contributed by atoms with Crippen molar-refractivity contribution in [3.05, 3.63) is 0 Å². The van der Waals surface area contributed by atoms with E-state index < -0.39 is 0 Å². The molecule has 4 fully saturated rings. The maximum absolute atomic E-state index is 12.0. The quantitative estimate of drug-likeness (QED) is 0.581. The molecule has 4 rings (SSSR count). The molecule has 0 aromatic rings. The van der Waals surface area contributed by atoms with Crippen LogP contribution in [0.1, 0.15) is 84.0 Å². The predicted molar refractivity (Wildman–Crippen MR) is 79.0 cm³/mol. The van der Waals surface area contributed by atoms with Crippen molar-refractivity contribution < 1.29 is 4.79 Å². The number of rotatable bonds is 7. The van der Waals surface area contributed by atoms with Crippen LogP contribution in [0.3, 0.4) is 0 Å². The van der Waals surface area contributed by atoms with Crippen LogP contribution in [0.25, 0.3) is 0 Å². The van der Waals surface area contributed by atoms with Gasteiger partial charge in [0.05, 0.1) is 0 Å². The third-order valence-corrected chi connectivity index (χ3v) is 6.16. The Kier molecular flexibility index (Phi) is 4.01. The highest BCUT2D eigenvalue weighted by atomic mass is 16.1. The molecule has 1 heteroatoms. The van der Waals surface area contributed by atoms with Gasteiger partial charge in [0.2, 0.25) is 0 Å². The van der Waals surface area contributed by atoms with Crippen molar-refractivity contribution >= 4 is 5.78 Å². The Morgan fingerprint density at radius 1 is 0.947 bits per heavy atom. The lowest BCUT2D eigenvalue weighted by atomic mass is 9.48. The number of hydrogen-bond acceptors (Lipinski definition) is 1. The molecule has 1 nitrogen and oxygen atoms in total. The summed E-state index contributed by atoms with van der Waals surface area (Å²) in [5.41, 5.74) is 0.606. The van der Waals surface area contributed by atoms with Crippen LogP contribution < -0.4 is 0 Å². The van der Waals surface area contributed by atoms with Gasteiger partial charge in [-0.25, -0.2) is 0 Å². The molecule has 4 bridgehead atoms. The molecule has 0 amide bonds. The van der Waals surface area contributed by atoms with Crippen LogP contribution in [0.2, 0.25) is 0 Å². The first-order valence-corrected chi connectivity index (χ1v) is 8.71. The molecule has 0 spiro atoms. The van der Waals surface area contributed by atoms with Gasteiger partial charge in [-0.1, -0.05) is 19.8 Å². The topological polar surface area (TPSA) is 17.1 Å². The lowest BCUT2D eigenvalue weighted by Gasteiger charge is -2.57. The Hall–Kier alpha value is -0.330. The Labute approximate surface area is 118 Å². The van der Waals surface area contributed by atoms with Crippen LogP contribution in [0.5, 0.6) is 0 Å². The van der Waals surface area contributed by atoms with Crippen molar-refractivity contribution in [3.8, 4) is 0 Å². The summed E-state index contributed by atoms with van der Waals surface area (Å²) in [5, 5.41) is 0. The van der Waals surface area contributed by atoms with E-state index in [1.165, 1.54) is 57.8 Å². The molecule has 0 heterocycles. The SMILES string of the molecule is CCCCCC(=O)CCC12CC3CC(CC(C3)C1)C2. The molecule has 19 heavy (non-hydrogen) atoms. The van der Waals surface area contributed by atoms with Gasteiger partial charge in [0.15, 0.2) is 0 Å². The smallest absolute Gasteiger partial charge is 0.132 e. The largest absolute Gasteiger partial charge is 0.300 e. The summed E-state index contributed by atoms with van der Waals surface area (Å²) >= 11 is 0. The number of unbranched alkanes of at least 4 members (excludes halogenated alkanes) is 2. The van der Waals surface area contributed by atoms with E-state index in [2.05, 4.69) is 6.92 Å². The fourth-order valence-corrected chi connectivity index (χ4v) is 5.70. The van der Waals surface area contributed by atoms with E-state index in [0.717, 1.165) is 37.0 Å². The van der Waals surface area contributed by atoms with Crippen molar-refractivity contribution in [1.29, 1.82) is 0 Å². The van der Waals surface area contributed by atoms with Crippen LogP contribution in [0.4, 0.5) is 0 Å². The van der Waals surface area contributed by atoms with E-state index in [-0.39, 0.29) is 0 Å². The maximum atomic E-state index is 12.0. The summed E-state index contributed by atoms with van der Waals surface area (Å²) in [6.07, 6.45) is 15.5. The Balaban J connectivity index is 1.48. The van der Waals surface area contributed by atoms with E-state index in [9.17, 15) is 4.79 Å². The molecule has 108 valence electrons. The molecule has 4 saturated carbocycles. The summed E-state index contributed by atoms with van der Waals surface area (Å²) in [5.74, 6) is 3.63. The zero-order chi connectivity index (χ0) is 13.3. The first-order chi connectivity index (χ1) is 9.19. The Morgan fingerprint density at radius 2 is 1.53 bits per heavy atom. The number of Topliss-reactive ketones (excluding diaryl/α,β-unsaturated/α-hetero) is 1. The van der Waals surface area contributed by atoms with Crippen molar-refractivity contribution in [2.24, 2.45) is 23.2 Å². The van der Waals surface area contributed by atoms with Crippen LogP contribution in [0.15, 0.2) is 0 Å². The van der Waals surface area contributed by atoms with E-state index in [4.69, 9.17) is 0 Å². The lowest BCUT2D eigenvalue weighted by molar-refractivity contribution is -0.121. The maximum Gasteiger partial charge on any atom is 0.132 e. The van der Waals surface area contributed by atoms with E-state index >= 15 is 0 Å². The molecule has 0 N–H and O–H groups in total. The van der Waals surface area contributed by atoms with Crippen molar-refractivity contribution in [1.82, 2.24) is 0 Å². The number of hydrogen-bond donors (Lipinski definition) is 0.